The third-order valence-electron chi connectivity index (χ3n) is 3.68. The second-order valence-corrected chi connectivity index (χ2v) is 6.73. The number of carbonyl (C=O) groups excluding carboxylic acids is 1. The number of aliphatic hydroxyl groups is 1. The lowest BCUT2D eigenvalue weighted by molar-refractivity contribution is 0.0479. The Morgan fingerprint density at radius 2 is 2.10 bits per heavy atom. The number of aryl methyl sites for hydroxylation is 1. The zero-order chi connectivity index (χ0) is 15.1. The van der Waals surface area contributed by atoms with E-state index in [9.17, 15) is 9.90 Å². The molecule has 1 heterocycles. The molecule has 2 rings (SSSR count). The number of aliphatic hydroxyl groups excluding tert-OH is 1. The van der Waals surface area contributed by atoms with E-state index in [1.807, 2.05) is 39.0 Å². The van der Waals surface area contributed by atoms with E-state index in [0.29, 0.717) is 10.6 Å². The summed E-state index contributed by atoms with van der Waals surface area (Å²) in [7, 11) is 1.69. The third kappa shape index (κ3) is 2.39. The first-order valence-corrected chi connectivity index (χ1v) is 7.27. The number of amides is 1. The molecular formula is C15H20N2O2S. The van der Waals surface area contributed by atoms with Crippen LogP contribution < -0.4 is 5.73 Å². The van der Waals surface area contributed by atoms with Gasteiger partial charge in [0.15, 0.2) is 0 Å². The van der Waals surface area contributed by atoms with E-state index in [4.69, 9.17) is 5.73 Å². The molecule has 2 aromatic rings. The number of hydrogen-bond donors (Lipinski definition) is 2. The Morgan fingerprint density at radius 3 is 2.70 bits per heavy atom. The van der Waals surface area contributed by atoms with E-state index in [1.54, 1.807) is 11.9 Å². The van der Waals surface area contributed by atoms with E-state index < -0.39 is 5.54 Å². The van der Waals surface area contributed by atoms with Gasteiger partial charge in [-0.3, -0.25) is 4.79 Å². The molecule has 1 aromatic carbocycles. The van der Waals surface area contributed by atoms with Gasteiger partial charge in [-0.1, -0.05) is 12.1 Å². The van der Waals surface area contributed by atoms with Gasteiger partial charge in [-0.2, -0.15) is 0 Å². The first-order chi connectivity index (χ1) is 9.27. The van der Waals surface area contributed by atoms with Crippen LogP contribution in [0.2, 0.25) is 0 Å². The average Bonchev–Trinajstić information content (AvgIpc) is 2.73. The summed E-state index contributed by atoms with van der Waals surface area (Å²) < 4.78 is 1.01. The van der Waals surface area contributed by atoms with Gasteiger partial charge in [0, 0.05) is 17.1 Å². The van der Waals surface area contributed by atoms with Crippen molar-refractivity contribution in [2.45, 2.75) is 26.3 Å². The fraction of sp³-hybridized carbons (Fsp3) is 0.400. The van der Waals surface area contributed by atoms with Crippen LogP contribution in [0, 0.1) is 6.92 Å². The van der Waals surface area contributed by atoms with Crippen LogP contribution >= 0.6 is 11.3 Å². The van der Waals surface area contributed by atoms with Crippen molar-refractivity contribution in [2.75, 3.05) is 19.4 Å². The van der Waals surface area contributed by atoms with Crippen molar-refractivity contribution in [3.63, 3.8) is 0 Å². The summed E-state index contributed by atoms with van der Waals surface area (Å²) in [6, 6.07) is 5.97. The fourth-order valence-electron chi connectivity index (χ4n) is 1.92. The molecule has 1 amide bonds. The first kappa shape index (κ1) is 14.8. The van der Waals surface area contributed by atoms with E-state index in [2.05, 4.69) is 0 Å². The Morgan fingerprint density at radius 1 is 1.45 bits per heavy atom. The SMILES string of the molecule is Cc1ccc2c(N)c(C(=O)N(C)C(C)(C)CO)sc2c1. The molecule has 0 saturated carbocycles. The maximum Gasteiger partial charge on any atom is 0.266 e. The summed E-state index contributed by atoms with van der Waals surface area (Å²) in [5.41, 5.74) is 7.16. The quantitative estimate of drug-likeness (QED) is 0.914. The number of fused-ring (bicyclic) bond motifs is 1. The molecule has 1 aromatic heterocycles. The third-order valence-corrected chi connectivity index (χ3v) is 4.83. The largest absolute Gasteiger partial charge is 0.397 e. The molecule has 0 atom stereocenters. The lowest BCUT2D eigenvalue weighted by atomic mass is 10.0. The van der Waals surface area contributed by atoms with Gasteiger partial charge in [0.05, 0.1) is 17.8 Å². The second kappa shape index (κ2) is 5.07. The molecule has 0 spiro atoms. The zero-order valence-electron chi connectivity index (χ0n) is 12.2. The van der Waals surface area contributed by atoms with Gasteiger partial charge in [0.2, 0.25) is 0 Å². The summed E-state index contributed by atoms with van der Waals surface area (Å²) >= 11 is 1.40. The minimum atomic E-state index is -0.615. The monoisotopic (exact) mass is 292 g/mol. The van der Waals surface area contributed by atoms with Gasteiger partial charge < -0.3 is 15.7 Å². The van der Waals surface area contributed by atoms with Crippen molar-refractivity contribution >= 4 is 33.0 Å². The van der Waals surface area contributed by atoms with Crippen LogP contribution in [0.5, 0.6) is 0 Å². The molecule has 0 fully saturated rings. The van der Waals surface area contributed by atoms with E-state index in [0.717, 1.165) is 15.6 Å². The summed E-state index contributed by atoms with van der Waals surface area (Å²) in [6.07, 6.45) is 0. The smallest absolute Gasteiger partial charge is 0.266 e. The summed E-state index contributed by atoms with van der Waals surface area (Å²) in [6.45, 7) is 5.55. The lowest BCUT2D eigenvalue weighted by Gasteiger charge is -2.33. The molecule has 0 aliphatic heterocycles. The number of hydrogen-bond acceptors (Lipinski definition) is 4. The molecule has 0 saturated heterocycles. The van der Waals surface area contributed by atoms with Crippen LogP contribution in [-0.2, 0) is 0 Å². The normalized spacial score (nSPS) is 11.8. The van der Waals surface area contributed by atoms with Crippen LogP contribution in [0.3, 0.4) is 0 Å². The number of nitrogen functional groups attached to an aromatic ring is 1. The Labute approximate surface area is 122 Å². The zero-order valence-corrected chi connectivity index (χ0v) is 13.0. The van der Waals surface area contributed by atoms with Crippen molar-refractivity contribution in [3.05, 3.63) is 28.6 Å². The minimum Gasteiger partial charge on any atom is -0.397 e. The molecule has 20 heavy (non-hydrogen) atoms. The molecule has 0 aliphatic carbocycles. The molecule has 0 aliphatic rings. The summed E-state index contributed by atoms with van der Waals surface area (Å²) in [4.78, 5) is 14.7. The molecule has 5 heteroatoms. The highest BCUT2D eigenvalue weighted by atomic mass is 32.1. The van der Waals surface area contributed by atoms with Crippen molar-refractivity contribution in [2.24, 2.45) is 0 Å². The van der Waals surface area contributed by atoms with Crippen LogP contribution in [-0.4, -0.2) is 35.1 Å². The number of nitrogens with two attached hydrogens (primary N) is 1. The fourth-order valence-corrected chi connectivity index (χ4v) is 3.11. The number of thiophene rings is 1. The predicted molar refractivity (Wildman–Crippen MR) is 84.2 cm³/mol. The van der Waals surface area contributed by atoms with Gasteiger partial charge in [0.25, 0.3) is 5.91 Å². The average molecular weight is 292 g/mol. The van der Waals surface area contributed by atoms with Gasteiger partial charge in [-0.15, -0.1) is 11.3 Å². The highest BCUT2D eigenvalue weighted by Crippen LogP contribution is 2.35. The standard InChI is InChI=1S/C15H20N2O2S/c1-9-5-6-10-11(7-9)20-13(12(10)16)14(19)17(4)15(2,3)8-18/h5-7,18H,8,16H2,1-4H3. The molecule has 3 N–H and O–H groups in total. The second-order valence-electron chi connectivity index (χ2n) is 5.68. The van der Waals surface area contributed by atoms with E-state index >= 15 is 0 Å². The summed E-state index contributed by atoms with van der Waals surface area (Å²) in [5.74, 6) is -0.152. The van der Waals surface area contributed by atoms with Crippen LogP contribution in [0.1, 0.15) is 29.1 Å². The van der Waals surface area contributed by atoms with Crippen LogP contribution in [0.25, 0.3) is 10.1 Å². The minimum absolute atomic E-state index is 0.0981. The molecule has 108 valence electrons. The summed E-state index contributed by atoms with van der Waals surface area (Å²) in [5, 5.41) is 10.3. The number of nitrogens with zero attached hydrogens (tertiary/aromatic N) is 1. The van der Waals surface area contributed by atoms with E-state index in [1.165, 1.54) is 11.3 Å². The molecule has 0 bridgehead atoms. The molecule has 0 unspecified atom stereocenters. The maximum atomic E-state index is 12.6. The number of benzene rings is 1. The molecule has 0 radical (unpaired) electrons. The van der Waals surface area contributed by atoms with E-state index in [-0.39, 0.29) is 12.5 Å². The predicted octanol–water partition coefficient (Wildman–Crippen LogP) is 2.63. The van der Waals surface area contributed by atoms with Gasteiger partial charge in [0.1, 0.15) is 4.88 Å². The number of rotatable bonds is 3. The Kier molecular flexibility index (Phi) is 3.75. The van der Waals surface area contributed by atoms with Crippen molar-refractivity contribution in [1.82, 2.24) is 4.90 Å². The Balaban J connectivity index is 2.48. The van der Waals surface area contributed by atoms with Crippen LogP contribution in [0.4, 0.5) is 5.69 Å². The van der Waals surface area contributed by atoms with Gasteiger partial charge in [-0.05, 0) is 32.4 Å². The van der Waals surface area contributed by atoms with Crippen molar-refractivity contribution in [1.29, 1.82) is 0 Å². The van der Waals surface area contributed by atoms with Crippen molar-refractivity contribution in [3.8, 4) is 0 Å². The number of carbonyl (C=O) groups is 1. The maximum absolute atomic E-state index is 12.6. The number of anilines is 1. The highest BCUT2D eigenvalue weighted by molar-refractivity contribution is 7.21. The first-order valence-electron chi connectivity index (χ1n) is 6.45. The van der Waals surface area contributed by atoms with Crippen molar-refractivity contribution < 1.29 is 9.90 Å². The van der Waals surface area contributed by atoms with Gasteiger partial charge in [-0.25, -0.2) is 0 Å². The van der Waals surface area contributed by atoms with Gasteiger partial charge >= 0.3 is 0 Å². The topological polar surface area (TPSA) is 66.6 Å². The Bertz CT molecular complexity index is 661. The van der Waals surface area contributed by atoms with Crippen LogP contribution in [0.15, 0.2) is 18.2 Å². The number of likely N-dealkylation sites (N-methyl/N-ethyl adjacent to an activating group) is 1. The lowest BCUT2D eigenvalue weighted by Crippen LogP contribution is -2.47. The molecule has 4 nitrogen and oxygen atoms in total. The molecular weight excluding hydrogens is 272 g/mol. The highest BCUT2D eigenvalue weighted by Gasteiger charge is 2.30. The Hall–Kier alpha value is -1.59.